The lowest BCUT2D eigenvalue weighted by Crippen LogP contribution is -2.32. The lowest BCUT2D eigenvalue weighted by Gasteiger charge is -2.14. The quantitative estimate of drug-likeness (QED) is 0.460. The van der Waals surface area contributed by atoms with Gasteiger partial charge in [0.15, 0.2) is 5.82 Å². The van der Waals surface area contributed by atoms with Crippen LogP contribution >= 0.6 is 0 Å². The van der Waals surface area contributed by atoms with Crippen molar-refractivity contribution in [2.24, 2.45) is 5.73 Å². The molecule has 1 aromatic heterocycles. The van der Waals surface area contributed by atoms with Gasteiger partial charge in [-0.1, -0.05) is 62.9 Å². The summed E-state index contributed by atoms with van der Waals surface area (Å²) < 4.78 is 0. The Morgan fingerprint density at radius 2 is 1.82 bits per heavy atom. The van der Waals surface area contributed by atoms with Gasteiger partial charge in [-0.05, 0) is 18.4 Å². The van der Waals surface area contributed by atoms with Crippen LogP contribution in [0.1, 0.15) is 75.1 Å². The molecule has 2 rings (SSSR count). The van der Waals surface area contributed by atoms with E-state index in [1.807, 2.05) is 18.2 Å². The summed E-state index contributed by atoms with van der Waals surface area (Å²) in [6.07, 6.45) is 7.35. The molecule has 7 heteroatoms. The molecule has 0 radical (unpaired) electrons. The molecule has 1 heterocycles. The van der Waals surface area contributed by atoms with Gasteiger partial charge in [0.2, 0.25) is 11.8 Å². The number of H-pyrrole nitrogens is 1. The number of nitrogens with one attached hydrogen (secondary N) is 2. The van der Waals surface area contributed by atoms with Crippen molar-refractivity contribution in [3.8, 4) is 0 Å². The number of aromatic nitrogens is 3. The monoisotopic (exact) mass is 385 g/mol. The van der Waals surface area contributed by atoms with E-state index >= 15 is 0 Å². The third-order valence-electron chi connectivity index (χ3n) is 4.62. The van der Waals surface area contributed by atoms with Gasteiger partial charge in [-0.25, -0.2) is 0 Å². The molecule has 0 aliphatic rings. The maximum absolute atomic E-state index is 12.2. The molecule has 0 saturated carbocycles. The standard InChI is InChI=1S/C21H31N5O2/c1-2-3-4-5-9-12-20(28)23-17(15-18(22)27)21-24-19(25-26-21)14-13-16-10-7-6-8-11-16/h6-8,10-11,17H,2-5,9,12-15H2,1H3,(H2,22,27)(H,23,28)(H,24,25,26)/t17-/m1/s1. The SMILES string of the molecule is CCCCCCCC(=O)N[C@H](CC(N)=O)c1nnc(CCc2ccccc2)[nH]1. The first-order valence-electron chi connectivity index (χ1n) is 10.1. The average Bonchev–Trinajstić information content (AvgIpc) is 3.15. The zero-order chi connectivity index (χ0) is 20.2. The molecule has 7 nitrogen and oxygen atoms in total. The van der Waals surface area contributed by atoms with Gasteiger partial charge in [-0.2, -0.15) is 0 Å². The molecule has 2 aromatic rings. The normalized spacial score (nSPS) is 11.9. The van der Waals surface area contributed by atoms with Gasteiger partial charge in [-0.3, -0.25) is 9.59 Å². The van der Waals surface area contributed by atoms with Crippen LogP contribution in [0.5, 0.6) is 0 Å². The number of rotatable bonds is 13. The van der Waals surface area contributed by atoms with Crippen LogP contribution in [-0.2, 0) is 22.4 Å². The molecule has 0 aliphatic heterocycles. The van der Waals surface area contributed by atoms with Crippen molar-refractivity contribution >= 4 is 11.8 Å². The summed E-state index contributed by atoms with van der Waals surface area (Å²) in [4.78, 5) is 26.8. The molecule has 0 bridgehead atoms. The Hall–Kier alpha value is -2.70. The van der Waals surface area contributed by atoms with Gasteiger partial charge in [0, 0.05) is 12.8 Å². The predicted molar refractivity (Wildman–Crippen MR) is 108 cm³/mol. The molecule has 152 valence electrons. The van der Waals surface area contributed by atoms with E-state index in [1.54, 1.807) is 0 Å². The van der Waals surface area contributed by atoms with Gasteiger partial charge in [0.05, 0.1) is 12.5 Å². The van der Waals surface area contributed by atoms with Crippen LogP contribution in [-0.4, -0.2) is 27.0 Å². The molecule has 0 fully saturated rings. The van der Waals surface area contributed by atoms with Gasteiger partial charge in [0.1, 0.15) is 5.82 Å². The Morgan fingerprint density at radius 3 is 2.54 bits per heavy atom. The van der Waals surface area contributed by atoms with E-state index in [1.165, 1.54) is 18.4 Å². The topological polar surface area (TPSA) is 114 Å². The Kier molecular flexibility index (Phi) is 9.18. The third-order valence-corrected chi connectivity index (χ3v) is 4.62. The number of nitrogens with zero attached hydrogens (tertiary/aromatic N) is 2. The molecule has 1 aromatic carbocycles. The molecule has 2 amide bonds. The fraction of sp³-hybridized carbons (Fsp3) is 0.524. The second kappa shape index (κ2) is 11.9. The number of hydrogen-bond donors (Lipinski definition) is 3. The lowest BCUT2D eigenvalue weighted by atomic mass is 10.1. The van der Waals surface area contributed by atoms with Crippen LogP contribution in [0.15, 0.2) is 30.3 Å². The average molecular weight is 386 g/mol. The van der Waals surface area contributed by atoms with Crippen molar-refractivity contribution in [2.75, 3.05) is 0 Å². The number of carbonyl (C=O) groups excluding carboxylic acids is 2. The Bertz CT molecular complexity index is 729. The minimum Gasteiger partial charge on any atom is -0.370 e. The number of amides is 2. The van der Waals surface area contributed by atoms with Crippen LogP contribution in [0.4, 0.5) is 0 Å². The first-order valence-corrected chi connectivity index (χ1v) is 10.1. The van der Waals surface area contributed by atoms with E-state index in [9.17, 15) is 9.59 Å². The third kappa shape index (κ3) is 7.90. The van der Waals surface area contributed by atoms with Crippen LogP contribution < -0.4 is 11.1 Å². The second-order valence-electron chi connectivity index (χ2n) is 7.10. The van der Waals surface area contributed by atoms with Crippen LogP contribution in [0.2, 0.25) is 0 Å². The summed E-state index contributed by atoms with van der Waals surface area (Å²) in [6, 6.07) is 9.54. The van der Waals surface area contributed by atoms with Crippen molar-refractivity contribution in [2.45, 2.75) is 70.8 Å². The van der Waals surface area contributed by atoms with Crippen molar-refractivity contribution in [1.29, 1.82) is 0 Å². The Balaban J connectivity index is 1.88. The largest absolute Gasteiger partial charge is 0.370 e. The minimum atomic E-state index is -0.571. The van der Waals surface area contributed by atoms with Gasteiger partial charge < -0.3 is 16.0 Å². The van der Waals surface area contributed by atoms with Crippen LogP contribution in [0.25, 0.3) is 0 Å². The summed E-state index contributed by atoms with van der Waals surface area (Å²) in [5.74, 6) is 0.615. The fourth-order valence-electron chi connectivity index (χ4n) is 3.06. The smallest absolute Gasteiger partial charge is 0.220 e. The highest BCUT2D eigenvalue weighted by molar-refractivity contribution is 5.78. The van der Waals surface area contributed by atoms with Crippen LogP contribution in [0.3, 0.4) is 0 Å². The van der Waals surface area contributed by atoms with Gasteiger partial charge in [-0.15, -0.1) is 10.2 Å². The zero-order valence-corrected chi connectivity index (χ0v) is 16.6. The second-order valence-corrected chi connectivity index (χ2v) is 7.10. The summed E-state index contributed by atoms with van der Waals surface area (Å²) >= 11 is 0. The molecular formula is C21H31N5O2. The van der Waals surface area contributed by atoms with Crippen molar-refractivity contribution in [1.82, 2.24) is 20.5 Å². The summed E-state index contributed by atoms with van der Waals surface area (Å²) in [5.41, 5.74) is 6.56. The number of primary amides is 1. The summed E-state index contributed by atoms with van der Waals surface area (Å²) in [7, 11) is 0. The number of benzene rings is 1. The van der Waals surface area contributed by atoms with Gasteiger partial charge in [0.25, 0.3) is 0 Å². The zero-order valence-electron chi connectivity index (χ0n) is 16.6. The molecule has 4 N–H and O–H groups in total. The number of hydrogen-bond acceptors (Lipinski definition) is 4. The maximum atomic E-state index is 12.2. The number of nitrogens with two attached hydrogens (primary N) is 1. The molecule has 0 unspecified atom stereocenters. The maximum Gasteiger partial charge on any atom is 0.220 e. The molecule has 1 atom stereocenters. The van der Waals surface area contributed by atoms with Crippen LogP contribution in [0, 0.1) is 0 Å². The van der Waals surface area contributed by atoms with E-state index in [-0.39, 0.29) is 12.3 Å². The molecule has 0 saturated heterocycles. The van der Waals surface area contributed by atoms with Crippen molar-refractivity contribution in [3.05, 3.63) is 47.5 Å². The number of unbranched alkanes of at least 4 members (excludes halogenated alkanes) is 4. The highest BCUT2D eigenvalue weighted by Crippen LogP contribution is 2.14. The number of aromatic amines is 1. The lowest BCUT2D eigenvalue weighted by molar-refractivity contribution is -0.122. The molecule has 28 heavy (non-hydrogen) atoms. The Morgan fingerprint density at radius 1 is 1.07 bits per heavy atom. The van der Waals surface area contributed by atoms with E-state index < -0.39 is 11.9 Å². The highest BCUT2D eigenvalue weighted by atomic mass is 16.2. The number of aryl methyl sites for hydroxylation is 2. The molecule has 0 aliphatic carbocycles. The van der Waals surface area contributed by atoms with Gasteiger partial charge >= 0.3 is 0 Å². The molecular weight excluding hydrogens is 354 g/mol. The van der Waals surface area contributed by atoms with E-state index in [4.69, 9.17) is 5.73 Å². The minimum absolute atomic E-state index is 0.00507. The predicted octanol–water partition coefficient (Wildman–Crippen LogP) is 2.98. The van der Waals surface area contributed by atoms with E-state index in [2.05, 4.69) is 39.6 Å². The van der Waals surface area contributed by atoms with Crippen molar-refractivity contribution < 1.29 is 9.59 Å². The Labute approximate surface area is 166 Å². The number of carbonyl (C=O) groups is 2. The van der Waals surface area contributed by atoms with E-state index in [0.717, 1.165) is 31.5 Å². The summed E-state index contributed by atoms with van der Waals surface area (Å²) in [6.45, 7) is 2.16. The summed E-state index contributed by atoms with van der Waals surface area (Å²) in [5, 5.41) is 11.2. The molecule has 0 spiro atoms. The highest BCUT2D eigenvalue weighted by Gasteiger charge is 2.21. The first-order chi connectivity index (χ1) is 13.6. The first kappa shape index (κ1) is 21.6. The van der Waals surface area contributed by atoms with Crippen molar-refractivity contribution in [3.63, 3.8) is 0 Å². The van der Waals surface area contributed by atoms with E-state index in [0.29, 0.717) is 18.7 Å². The fourth-order valence-corrected chi connectivity index (χ4v) is 3.06.